The lowest BCUT2D eigenvalue weighted by Crippen LogP contribution is -2.36. The second kappa shape index (κ2) is 10.6. The zero-order valence-corrected chi connectivity index (χ0v) is 18.8. The fraction of sp³-hybridized carbons (Fsp3) is 0.292. The van der Waals surface area contributed by atoms with Gasteiger partial charge in [0, 0.05) is 24.8 Å². The van der Waals surface area contributed by atoms with E-state index in [-0.39, 0.29) is 11.5 Å². The van der Waals surface area contributed by atoms with Crippen LogP contribution in [0.4, 0.5) is 10.1 Å². The largest absolute Gasteiger partial charge is 0.492 e. The number of anilines is 1. The minimum absolute atomic E-state index is 0.205. The first-order valence-electron chi connectivity index (χ1n) is 10.5. The van der Waals surface area contributed by atoms with Crippen molar-refractivity contribution in [1.29, 1.82) is 0 Å². The standard InChI is InChI=1S/C24H28FN5O2/c1-5-32-22-12-7-6-11-21(22)27-24(28-23(31)18-9-8-10-19(25)15-18)26-14-13-20-16(2)29-30(4)17(20)3/h6-12,15H,5,13-14H2,1-4H3,(H2,26,27,28,31). The Balaban J connectivity index is 1.83. The highest BCUT2D eigenvalue weighted by Crippen LogP contribution is 2.23. The summed E-state index contributed by atoms with van der Waals surface area (Å²) in [6, 6.07) is 12.9. The average Bonchev–Trinajstić information content (AvgIpc) is 3.01. The number of nitrogens with zero attached hydrogens (tertiary/aromatic N) is 3. The molecule has 168 valence electrons. The minimum Gasteiger partial charge on any atom is -0.492 e. The lowest BCUT2D eigenvalue weighted by molar-refractivity contribution is 0.0976. The first-order valence-corrected chi connectivity index (χ1v) is 10.5. The summed E-state index contributed by atoms with van der Waals surface area (Å²) in [4.78, 5) is 17.3. The van der Waals surface area contributed by atoms with Gasteiger partial charge in [0.05, 0.1) is 18.0 Å². The van der Waals surface area contributed by atoms with Crippen molar-refractivity contribution < 1.29 is 13.9 Å². The fourth-order valence-corrected chi connectivity index (χ4v) is 3.36. The van der Waals surface area contributed by atoms with Crippen molar-refractivity contribution in [3.63, 3.8) is 0 Å². The molecule has 0 unspecified atom stereocenters. The molecule has 0 saturated carbocycles. The Morgan fingerprint density at radius 2 is 1.97 bits per heavy atom. The van der Waals surface area contributed by atoms with E-state index >= 15 is 0 Å². The van der Waals surface area contributed by atoms with E-state index in [1.165, 1.54) is 18.2 Å². The van der Waals surface area contributed by atoms with Crippen molar-refractivity contribution in [2.45, 2.75) is 27.2 Å². The van der Waals surface area contributed by atoms with E-state index in [1.54, 1.807) is 6.07 Å². The van der Waals surface area contributed by atoms with Gasteiger partial charge in [-0.3, -0.25) is 19.8 Å². The van der Waals surface area contributed by atoms with Gasteiger partial charge in [-0.25, -0.2) is 4.39 Å². The molecule has 7 nitrogen and oxygen atoms in total. The number of halogens is 1. The molecule has 0 aliphatic rings. The van der Waals surface area contributed by atoms with Crippen LogP contribution < -0.4 is 15.4 Å². The summed E-state index contributed by atoms with van der Waals surface area (Å²) in [6.45, 7) is 6.81. The zero-order valence-electron chi connectivity index (χ0n) is 18.8. The number of aliphatic imine (C=N–C) groups is 1. The number of benzene rings is 2. The third-order valence-electron chi connectivity index (χ3n) is 5.05. The molecule has 0 bridgehead atoms. The molecular weight excluding hydrogens is 409 g/mol. The van der Waals surface area contributed by atoms with Crippen LogP contribution in [0, 0.1) is 19.7 Å². The van der Waals surface area contributed by atoms with Gasteiger partial charge in [0.2, 0.25) is 5.96 Å². The van der Waals surface area contributed by atoms with Crippen molar-refractivity contribution in [3.8, 4) is 5.75 Å². The van der Waals surface area contributed by atoms with E-state index in [2.05, 4.69) is 20.7 Å². The molecular formula is C24H28FN5O2. The SMILES string of the molecule is CCOc1ccccc1NC(=NCCc1c(C)nn(C)c1C)NC(=O)c1cccc(F)c1. The zero-order chi connectivity index (χ0) is 23.1. The van der Waals surface area contributed by atoms with E-state index in [9.17, 15) is 9.18 Å². The second-order valence-corrected chi connectivity index (χ2v) is 7.27. The summed E-state index contributed by atoms with van der Waals surface area (Å²) in [5, 5.41) is 10.3. The van der Waals surface area contributed by atoms with Crippen molar-refractivity contribution >= 4 is 17.6 Å². The molecule has 1 heterocycles. The summed E-state index contributed by atoms with van der Waals surface area (Å²) in [5.74, 6) is -0.0426. The van der Waals surface area contributed by atoms with E-state index in [0.717, 1.165) is 17.0 Å². The van der Waals surface area contributed by atoms with E-state index in [0.29, 0.717) is 31.0 Å². The highest BCUT2D eigenvalue weighted by molar-refractivity contribution is 6.10. The fourth-order valence-electron chi connectivity index (χ4n) is 3.36. The smallest absolute Gasteiger partial charge is 0.258 e. The van der Waals surface area contributed by atoms with Gasteiger partial charge in [-0.15, -0.1) is 0 Å². The topological polar surface area (TPSA) is 80.5 Å². The Kier molecular flexibility index (Phi) is 7.59. The molecule has 32 heavy (non-hydrogen) atoms. The van der Waals surface area contributed by atoms with Gasteiger partial charge in [0.25, 0.3) is 5.91 Å². The van der Waals surface area contributed by atoms with Crippen LogP contribution >= 0.6 is 0 Å². The number of rotatable bonds is 7. The number of carbonyl (C=O) groups is 1. The summed E-state index contributed by atoms with van der Waals surface area (Å²) in [5.41, 5.74) is 4.04. The molecule has 0 aliphatic carbocycles. The Labute approximate surface area is 187 Å². The van der Waals surface area contributed by atoms with Crippen LogP contribution in [-0.2, 0) is 13.5 Å². The first-order chi connectivity index (χ1) is 15.4. The van der Waals surface area contributed by atoms with Gasteiger partial charge in [-0.05, 0) is 63.1 Å². The van der Waals surface area contributed by atoms with Crippen LogP contribution in [0.15, 0.2) is 53.5 Å². The number of hydrogen-bond acceptors (Lipinski definition) is 4. The van der Waals surface area contributed by atoms with Gasteiger partial charge in [-0.1, -0.05) is 18.2 Å². The van der Waals surface area contributed by atoms with Crippen LogP contribution in [0.5, 0.6) is 5.75 Å². The maximum Gasteiger partial charge on any atom is 0.258 e. The number of nitrogens with one attached hydrogen (secondary N) is 2. The van der Waals surface area contributed by atoms with Crippen molar-refractivity contribution in [1.82, 2.24) is 15.1 Å². The molecule has 0 spiro atoms. The normalized spacial score (nSPS) is 11.3. The van der Waals surface area contributed by atoms with Gasteiger partial charge >= 0.3 is 0 Å². The van der Waals surface area contributed by atoms with Gasteiger partial charge in [0.15, 0.2) is 0 Å². The number of ether oxygens (including phenoxy) is 1. The molecule has 8 heteroatoms. The third kappa shape index (κ3) is 5.72. The van der Waals surface area contributed by atoms with Crippen LogP contribution in [0.1, 0.15) is 34.2 Å². The Bertz CT molecular complexity index is 1120. The molecule has 0 fully saturated rings. The van der Waals surface area contributed by atoms with Crippen LogP contribution in [0.2, 0.25) is 0 Å². The Hall–Kier alpha value is -3.68. The molecule has 0 saturated heterocycles. The molecule has 3 rings (SSSR count). The first kappa shape index (κ1) is 23.0. The molecule has 0 radical (unpaired) electrons. The maximum atomic E-state index is 13.6. The molecule has 1 aromatic heterocycles. The van der Waals surface area contributed by atoms with Gasteiger partial charge < -0.3 is 10.1 Å². The van der Waals surface area contributed by atoms with Crippen LogP contribution in [0.25, 0.3) is 0 Å². The second-order valence-electron chi connectivity index (χ2n) is 7.27. The van der Waals surface area contributed by atoms with Crippen molar-refractivity contribution in [3.05, 3.63) is 76.9 Å². The number of aryl methyl sites for hydroxylation is 2. The predicted molar refractivity (Wildman–Crippen MR) is 124 cm³/mol. The van der Waals surface area contributed by atoms with Crippen molar-refractivity contribution in [2.24, 2.45) is 12.0 Å². The number of hydrogen-bond donors (Lipinski definition) is 2. The van der Waals surface area contributed by atoms with E-state index < -0.39 is 11.7 Å². The van der Waals surface area contributed by atoms with E-state index in [1.807, 2.05) is 56.8 Å². The number of carbonyl (C=O) groups excluding carboxylic acids is 1. The number of para-hydroxylation sites is 2. The summed E-state index contributed by atoms with van der Waals surface area (Å²) < 4.78 is 21.1. The Morgan fingerprint density at radius 1 is 1.19 bits per heavy atom. The lowest BCUT2D eigenvalue weighted by atomic mass is 10.1. The molecule has 0 atom stereocenters. The van der Waals surface area contributed by atoms with Crippen molar-refractivity contribution in [2.75, 3.05) is 18.5 Å². The number of amides is 1. The van der Waals surface area contributed by atoms with Gasteiger partial charge in [0.1, 0.15) is 11.6 Å². The van der Waals surface area contributed by atoms with Gasteiger partial charge in [-0.2, -0.15) is 5.10 Å². The monoisotopic (exact) mass is 437 g/mol. The quantitative estimate of drug-likeness (QED) is 0.432. The van der Waals surface area contributed by atoms with Crippen LogP contribution in [0.3, 0.4) is 0 Å². The minimum atomic E-state index is -0.478. The number of aromatic nitrogens is 2. The number of guanidine groups is 1. The van der Waals surface area contributed by atoms with Crippen LogP contribution in [-0.4, -0.2) is 34.8 Å². The maximum absolute atomic E-state index is 13.6. The summed E-state index contributed by atoms with van der Waals surface area (Å²) >= 11 is 0. The highest BCUT2D eigenvalue weighted by Gasteiger charge is 2.13. The molecule has 2 N–H and O–H groups in total. The molecule has 1 amide bonds. The predicted octanol–water partition coefficient (Wildman–Crippen LogP) is 4.02. The average molecular weight is 438 g/mol. The lowest BCUT2D eigenvalue weighted by Gasteiger charge is -2.15. The molecule has 2 aromatic carbocycles. The molecule has 3 aromatic rings. The van der Waals surface area contributed by atoms with E-state index in [4.69, 9.17) is 4.74 Å². The third-order valence-corrected chi connectivity index (χ3v) is 5.05. The molecule has 0 aliphatic heterocycles. The Morgan fingerprint density at radius 3 is 2.66 bits per heavy atom. The summed E-state index contributed by atoms with van der Waals surface area (Å²) in [6.07, 6.45) is 0.666. The highest BCUT2D eigenvalue weighted by atomic mass is 19.1. The summed E-state index contributed by atoms with van der Waals surface area (Å²) in [7, 11) is 1.91.